The number of nitrogens with one attached hydrogen (secondary N) is 2. The molecule has 0 aliphatic heterocycles. The molecule has 0 spiro atoms. The van der Waals surface area contributed by atoms with Gasteiger partial charge < -0.3 is 4.52 Å². The minimum Gasteiger partial charge on any atom is -0.355 e. The Labute approximate surface area is 118 Å². The van der Waals surface area contributed by atoms with Crippen molar-refractivity contribution in [1.29, 1.82) is 0 Å². The standard InChI is InChI=1S/C12H8ClN5O2/c13-8-3-1-7(2-4-8)10-5-9(18-20-10)11(19)16-12-14-6-15-17-12/h1-6H,(H2,14,15,16,17,19). The number of H-pyrrole nitrogens is 1. The smallest absolute Gasteiger partial charge is 0.280 e. The summed E-state index contributed by atoms with van der Waals surface area (Å²) in [6, 6.07) is 8.55. The van der Waals surface area contributed by atoms with Crippen LogP contribution in [0.5, 0.6) is 0 Å². The topological polar surface area (TPSA) is 96.7 Å². The van der Waals surface area contributed by atoms with Crippen LogP contribution in [0.25, 0.3) is 11.3 Å². The number of benzene rings is 1. The fraction of sp³-hybridized carbons (Fsp3) is 0. The maximum atomic E-state index is 11.9. The lowest BCUT2D eigenvalue weighted by molar-refractivity contribution is 0.101. The van der Waals surface area contributed by atoms with E-state index in [2.05, 4.69) is 25.7 Å². The van der Waals surface area contributed by atoms with Crippen LogP contribution in [0.1, 0.15) is 10.5 Å². The van der Waals surface area contributed by atoms with Gasteiger partial charge in [-0.15, -0.1) is 0 Å². The fourth-order valence-corrected chi connectivity index (χ4v) is 1.70. The maximum absolute atomic E-state index is 11.9. The number of halogens is 1. The van der Waals surface area contributed by atoms with Gasteiger partial charge in [-0.2, -0.15) is 10.1 Å². The van der Waals surface area contributed by atoms with Crippen LogP contribution in [0, 0.1) is 0 Å². The Kier molecular flexibility index (Phi) is 3.18. The van der Waals surface area contributed by atoms with Gasteiger partial charge in [0.15, 0.2) is 11.5 Å². The number of aromatic amines is 1. The number of nitrogens with zero attached hydrogens (tertiary/aromatic N) is 3. The summed E-state index contributed by atoms with van der Waals surface area (Å²) >= 11 is 5.81. The highest BCUT2D eigenvalue weighted by Gasteiger charge is 2.14. The van der Waals surface area contributed by atoms with Crippen LogP contribution >= 0.6 is 11.6 Å². The van der Waals surface area contributed by atoms with E-state index in [1.54, 1.807) is 24.3 Å². The average Bonchev–Trinajstić information content (AvgIpc) is 3.10. The van der Waals surface area contributed by atoms with E-state index in [4.69, 9.17) is 16.1 Å². The first-order chi connectivity index (χ1) is 9.72. The van der Waals surface area contributed by atoms with Crippen LogP contribution in [0.3, 0.4) is 0 Å². The summed E-state index contributed by atoms with van der Waals surface area (Å²) < 4.78 is 5.13. The molecule has 0 saturated heterocycles. The van der Waals surface area contributed by atoms with Gasteiger partial charge in [0.2, 0.25) is 5.95 Å². The molecule has 20 heavy (non-hydrogen) atoms. The van der Waals surface area contributed by atoms with Gasteiger partial charge in [-0.05, 0) is 24.3 Å². The third-order valence-corrected chi connectivity index (χ3v) is 2.77. The van der Waals surface area contributed by atoms with E-state index in [-0.39, 0.29) is 11.6 Å². The normalized spacial score (nSPS) is 10.4. The number of amides is 1. The monoisotopic (exact) mass is 289 g/mol. The third-order valence-electron chi connectivity index (χ3n) is 2.52. The zero-order valence-corrected chi connectivity index (χ0v) is 10.8. The van der Waals surface area contributed by atoms with Crippen LogP contribution in [0.4, 0.5) is 5.95 Å². The largest absolute Gasteiger partial charge is 0.355 e. The highest BCUT2D eigenvalue weighted by atomic mass is 35.5. The molecule has 0 bridgehead atoms. The summed E-state index contributed by atoms with van der Waals surface area (Å²) in [5.41, 5.74) is 0.923. The quantitative estimate of drug-likeness (QED) is 0.771. The minimum absolute atomic E-state index is 0.145. The molecule has 0 saturated carbocycles. The molecule has 0 aliphatic rings. The van der Waals surface area contributed by atoms with Crippen molar-refractivity contribution in [2.24, 2.45) is 0 Å². The molecule has 2 heterocycles. The van der Waals surface area contributed by atoms with Gasteiger partial charge in [-0.25, -0.2) is 5.10 Å². The van der Waals surface area contributed by atoms with E-state index in [0.717, 1.165) is 5.56 Å². The van der Waals surface area contributed by atoms with Gasteiger partial charge in [0.05, 0.1) is 0 Å². The van der Waals surface area contributed by atoms with Crippen molar-refractivity contribution in [3.63, 3.8) is 0 Å². The highest BCUT2D eigenvalue weighted by molar-refractivity contribution is 6.30. The molecule has 3 rings (SSSR count). The summed E-state index contributed by atoms with van der Waals surface area (Å²) in [6.45, 7) is 0. The van der Waals surface area contributed by atoms with Crippen LogP contribution in [0.2, 0.25) is 5.02 Å². The fourth-order valence-electron chi connectivity index (χ4n) is 1.57. The molecule has 3 aromatic rings. The summed E-state index contributed by atoms with van der Waals surface area (Å²) in [7, 11) is 0. The lowest BCUT2D eigenvalue weighted by Crippen LogP contribution is -2.13. The zero-order chi connectivity index (χ0) is 13.9. The first-order valence-electron chi connectivity index (χ1n) is 5.62. The van der Waals surface area contributed by atoms with Crippen molar-refractivity contribution in [1.82, 2.24) is 20.3 Å². The number of aromatic nitrogens is 4. The molecule has 8 heteroatoms. The molecule has 100 valence electrons. The number of carbonyl (C=O) groups is 1. The summed E-state index contributed by atoms with van der Waals surface area (Å²) in [5.74, 6) is 0.279. The Hall–Kier alpha value is -2.67. The van der Waals surface area contributed by atoms with Crippen molar-refractivity contribution in [3.05, 3.63) is 47.4 Å². The van der Waals surface area contributed by atoms with Gasteiger partial charge in [-0.1, -0.05) is 16.8 Å². The van der Waals surface area contributed by atoms with Crippen molar-refractivity contribution >= 4 is 23.5 Å². The molecule has 1 amide bonds. The van der Waals surface area contributed by atoms with Gasteiger partial charge in [0.1, 0.15) is 6.33 Å². The molecule has 0 atom stereocenters. The van der Waals surface area contributed by atoms with E-state index in [1.165, 1.54) is 12.4 Å². The predicted octanol–water partition coefficient (Wildman–Crippen LogP) is 2.37. The Morgan fingerprint density at radius 2 is 2.10 bits per heavy atom. The van der Waals surface area contributed by atoms with Crippen molar-refractivity contribution in [2.45, 2.75) is 0 Å². The van der Waals surface area contributed by atoms with E-state index in [1.807, 2.05) is 0 Å². The van der Waals surface area contributed by atoms with Crippen LogP contribution in [0.15, 0.2) is 41.2 Å². The molecule has 0 aliphatic carbocycles. The van der Waals surface area contributed by atoms with Crippen molar-refractivity contribution < 1.29 is 9.32 Å². The Balaban J connectivity index is 1.79. The van der Waals surface area contributed by atoms with Crippen LogP contribution < -0.4 is 5.32 Å². The second-order valence-corrected chi connectivity index (χ2v) is 4.31. The maximum Gasteiger partial charge on any atom is 0.280 e. The first-order valence-corrected chi connectivity index (χ1v) is 5.99. The Bertz CT molecular complexity index is 721. The molecule has 2 aromatic heterocycles. The van der Waals surface area contributed by atoms with E-state index in [9.17, 15) is 4.79 Å². The number of anilines is 1. The zero-order valence-electron chi connectivity index (χ0n) is 10.0. The van der Waals surface area contributed by atoms with Crippen LogP contribution in [-0.2, 0) is 0 Å². The molecule has 7 nitrogen and oxygen atoms in total. The molecule has 0 unspecified atom stereocenters. The highest BCUT2D eigenvalue weighted by Crippen LogP contribution is 2.22. The summed E-state index contributed by atoms with van der Waals surface area (Å²) in [6.07, 6.45) is 1.29. The van der Waals surface area contributed by atoms with Crippen molar-refractivity contribution in [2.75, 3.05) is 5.32 Å². The Morgan fingerprint density at radius 3 is 2.80 bits per heavy atom. The molecule has 2 N–H and O–H groups in total. The molecule has 1 aromatic carbocycles. The summed E-state index contributed by atoms with van der Waals surface area (Å²) in [4.78, 5) is 15.7. The van der Waals surface area contributed by atoms with Gasteiger partial charge in [-0.3, -0.25) is 10.1 Å². The van der Waals surface area contributed by atoms with E-state index < -0.39 is 5.91 Å². The second-order valence-electron chi connectivity index (χ2n) is 3.87. The van der Waals surface area contributed by atoms with Crippen molar-refractivity contribution in [3.8, 4) is 11.3 Å². The SMILES string of the molecule is O=C(Nc1ncn[nH]1)c1cc(-c2ccc(Cl)cc2)on1. The van der Waals surface area contributed by atoms with Gasteiger partial charge >= 0.3 is 0 Å². The number of hydrogen-bond donors (Lipinski definition) is 2. The van der Waals surface area contributed by atoms with Crippen LogP contribution in [-0.4, -0.2) is 26.2 Å². The van der Waals surface area contributed by atoms with Gasteiger partial charge in [0, 0.05) is 16.7 Å². The minimum atomic E-state index is -0.439. The third kappa shape index (κ3) is 2.52. The predicted molar refractivity (Wildman–Crippen MR) is 71.3 cm³/mol. The average molecular weight is 290 g/mol. The molecular weight excluding hydrogens is 282 g/mol. The number of carbonyl (C=O) groups excluding carboxylic acids is 1. The molecular formula is C12H8ClN5O2. The van der Waals surface area contributed by atoms with Gasteiger partial charge in [0.25, 0.3) is 5.91 Å². The number of rotatable bonds is 3. The lowest BCUT2D eigenvalue weighted by Gasteiger charge is -1.95. The van der Waals surface area contributed by atoms with E-state index >= 15 is 0 Å². The molecule has 0 radical (unpaired) electrons. The summed E-state index contributed by atoms with van der Waals surface area (Å²) in [5, 5.41) is 13.0. The lowest BCUT2D eigenvalue weighted by atomic mass is 10.1. The number of hydrogen-bond acceptors (Lipinski definition) is 5. The second kappa shape index (κ2) is 5.14. The first kappa shape index (κ1) is 12.4. The molecule has 0 fully saturated rings. The van der Waals surface area contributed by atoms with E-state index in [0.29, 0.717) is 10.8 Å². The Morgan fingerprint density at radius 1 is 1.30 bits per heavy atom.